The van der Waals surface area contributed by atoms with Crippen LogP contribution in [0.5, 0.6) is 5.75 Å². The molecular weight excluding hydrogens is 354 g/mol. The molecule has 132 valence electrons. The van der Waals surface area contributed by atoms with Crippen LogP contribution in [-0.4, -0.2) is 58.3 Å². The third kappa shape index (κ3) is 4.29. The molecule has 0 bridgehead atoms. The van der Waals surface area contributed by atoms with Crippen LogP contribution in [0.1, 0.15) is 16.7 Å². The molecule has 1 unspecified atom stereocenters. The Labute approximate surface area is 144 Å². The van der Waals surface area contributed by atoms with Gasteiger partial charge in [0, 0.05) is 17.2 Å². The van der Waals surface area contributed by atoms with E-state index in [1.807, 2.05) is 0 Å². The van der Waals surface area contributed by atoms with Crippen LogP contribution in [0.15, 0.2) is 17.0 Å². The summed E-state index contributed by atoms with van der Waals surface area (Å²) in [5, 5.41) is 17.4. The number of phenolic OH excluding ortho intramolecular Hbond substituents is 1. The monoisotopic (exact) mass is 373 g/mol. The lowest BCUT2D eigenvalue weighted by Gasteiger charge is -2.33. The van der Waals surface area contributed by atoms with Gasteiger partial charge in [-0.25, -0.2) is 0 Å². The highest BCUT2D eigenvalue weighted by Gasteiger charge is 2.37. The fraction of sp³-hybridized carbons (Fsp3) is 0.400. The molecule has 0 spiro atoms. The van der Waals surface area contributed by atoms with Crippen molar-refractivity contribution in [1.82, 2.24) is 4.90 Å². The molecule has 0 amide bonds. The van der Waals surface area contributed by atoms with E-state index < -0.39 is 28.0 Å². The van der Waals surface area contributed by atoms with Crippen molar-refractivity contribution in [3.05, 3.63) is 33.7 Å². The highest BCUT2D eigenvalue weighted by molar-refractivity contribution is 8.04. The molecule has 1 heterocycles. The largest absolute Gasteiger partial charge is 0.507 e. The maximum absolute atomic E-state index is 11.8. The van der Waals surface area contributed by atoms with E-state index in [1.54, 1.807) is 32.1 Å². The van der Waals surface area contributed by atoms with Gasteiger partial charge in [0.2, 0.25) is 0 Å². The summed E-state index contributed by atoms with van der Waals surface area (Å²) in [6.07, 6.45) is 1.61. The van der Waals surface area contributed by atoms with Crippen LogP contribution in [0.4, 0.5) is 0 Å². The first-order valence-electron chi connectivity index (χ1n) is 7.16. The Morgan fingerprint density at radius 3 is 2.46 bits per heavy atom. The second kappa shape index (κ2) is 7.14. The van der Waals surface area contributed by atoms with Crippen LogP contribution in [-0.2, 0) is 14.9 Å². The van der Waals surface area contributed by atoms with Crippen molar-refractivity contribution in [3.63, 3.8) is 0 Å². The fourth-order valence-electron chi connectivity index (χ4n) is 2.67. The zero-order valence-corrected chi connectivity index (χ0v) is 14.9. The minimum atomic E-state index is -4.49. The lowest BCUT2D eigenvalue weighted by Crippen LogP contribution is -2.47. The quantitative estimate of drug-likeness (QED) is 0.683. The third-order valence-electron chi connectivity index (χ3n) is 3.67. The average molecular weight is 373 g/mol. The van der Waals surface area contributed by atoms with Gasteiger partial charge >= 0.3 is 5.97 Å². The summed E-state index contributed by atoms with van der Waals surface area (Å²) in [7, 11) is -4.49. The molecule has 0 aliphatic carbocycles. The Kier molecular flexibility index (Phi) is 5.59. The summed E-state index contributed by atoms with van der Waals surface area (Å²) < 4.78 is 33.2. The number of thioether (sulfide) groups is 1. The molecular formula is C15H19NO6S2. The number of hydrogen-bond acceptors (Lipinski definition) is 6. The fourth-order valence-corrected chi connectivity index (χ4v) is 5.23. The molecule has 0 radical (unpaired) electrons. The molecule has 3 N–H and O–H groups in total. The van der Waals surface area contributed by atoms with Crippen LogP contribution >= 0.6 is 11.8 Å². The van der Waals surface area contributed by atoms with E-state index in [1.165, 1.54) is 16.7 Å². The molecule has 0 aromatic heterocycles. The van der Waals surface area contributed by atoms with Gasteiger partial charge in [-0.05, 0) is 48.7 Å². The van der Waals surface area contributed by atoms with Crippen molar-refractivity contribution in [3.8, 4) is 5.75 Å². The number of aliphatic carboxylic acids is 1. The van der Waals surface area contributed by atoms with Crippen LogP contribution in [0.2, 0.25) is 0 Å². The zero-order valence-electron chi connectivity index (χ0n) is 13.3. The molecule has 0 saturated carbocycles. The summed E-state index contributed by atoms with van der Waals surface area (Å²) in [6.45, 7) is 3.23. The van der Waals surface area contributed by atoms with E-state index in [2.05, 4.69) is 0 Å². The average Bonchev–Trinajstić information content (AvgIpc) is 2.42. The van der Waals surface area contributed by atoms with Crippen molar-refractivity contribution in [2.45, 2.75) is 19.2 Å². The molecule has 1 saturated heterocycles. The predicted molar refractivity (Wildman–Crippen MR) is 92.6 cm³/mol. The Balaban J connectivity index is 2.47. The Hall–Kier alpha value is -1.55. The molecule has 1 aromatic carbocycles. The first-order chi connectivity index (χ1) is 11.1. The van der Waals surface area contributed by atoms with Crippen molar-refractivity contribution in [2.75, 3.05) is 18.8 Å². The van der Waals surface area contributed by atoms with Gasteiger partial charge in [-0.1, -0.05) is 0 Å². The van der Waals surface area contributed by atoms with E-state index in [0.717, 1.165) is 0 Å². The van der Waals surface area contributed by atoms with Crippen molar-refractivity contribution < 1.29 is 28.0 Å². The highest BCUT2D eigenvalue weighted by atomic mass is 32.2. The Bertz CT molecular complexity index is 764. The van der Waals surface area contributed by atoms with Gasteiger partial charge in [0.25, 0.3) is 10.1 Å². The first-order valence-corrected chi connectivity index (χ1v) is 9.65. The summed E-state index contributed by atoms with van der Waals surface area (Å²) in [5.74, 6) is -0.472. The maximum Gasteiger partial charge on any atom is 0.317 e. The molecule has 1 aliphatic rings. The number of carboxylic acids is 1. The van der Waals surface area contributed by atoms with Gasteiger partial charge in [-0.3, -0.25) is 14.2 Å². The Morgan fingerprint density at radius 2 is 1.96 bits per heavy atom. The lowest BCUT2D eigenvalue weighted by molar-refractivity contribution is -0.138. The number of carboxylic acid groups (broad SMARTS) is 1. The number of hydrogen-bond donors (Lipinski definition) is 3. The van der Waals surface area contributed by atoms with E-state index in [0.29, 0.717) is 27.3 Å². The number of aryl methyl sites for hydroxylation is 2. The third-order valence-corrected chi connectivity index (χ3v) is 5.99. The molecule has 24 heavy (non-hydrogen) atoms. The maximum atomic E-state index is 11.8. The summed E-state index contributed by atoms with van der Waals surface area (Å²) in [4.78, 5) is 12.5. The van der Waals surface area contributed by atoms with E-state index in [-0.39, 0.29) is 12.3 Å². The molecule has 1 aliphatic heterocycles. The van der Waals surface area contributed by atoms with Crippen molar-refractivity contribution in [1.29, 1.82) is 0 Å². The summed E-state index contributed by atoms with van der Waals surface area (Å²) in [6, 6.07) is 3.40. The van der Waals surface area contributed by atoms with Crippen LogP contribution in [0, 0.1) is 13.8 Å². The van der Waals surface area contributed by atoms with Crippen LogP contribution in [0.3, 0.4) is 0 Å². The second-order valence-electron chi connectivity index (χ2n) is 5.63. The van der Waals surface area contributed by atoms with E-state index in [4.69, 9.17) is 5.11 Å². The number of carbonyl (C=O) groups is 1. The normalized spacial score (nSPS) is 21.1. The van der Waals surface area contributed by atoms with Gasteiger partial charge in [0.05, 0.1) is 6.54 Å². The molecule has 7 nitrogen and oxygen atoms in total. The van der Waals surface area contributed by atoms with Crippen molar-refractivity contribution in [2.24, 2.45) is 0 Å². The van der Waals surface area contributed by atoms with Gasteiger partial charge in [-0.15, -0.1) is 11.8 Å². The van der Waals surface area contributed by atoms with Crippen molar-refractivity contribution >= 4 is 33.9 Å². The SMILES string of the molecule is Cc1cc(C=C2SCCN(CC(=O)O)C2S(=O)(=O)O)cc(C)c1O. The van der Waals surface area contributed by atoms with E-state index >= 15 is 0 Å². The molecule has 1 aromatic rings. The molecule has 9 heteroatoms. The number of aromatic hydroxyl groups is 1. The zero-order chi connectivity index (χ0) is 18.1. The number of nitrogens with zero attached hydrogens (tertiary/aromatic N) is 1. The smallest absolute Gasteiger partial charge is 0.317 e. The second-order valence-corrected chi connectivity index (χ2v) is 8.27. The molecule has 1 fully saturated rings. The van der Waals surface area contributed by atoms with Gasteiger partial charge in [-0.2, -0.15) is 8.42 Å². The minimum absolute atomic E-state index is 0.173. The summed E-state index contributed by atoms with van der Waals surface area (Å²) in [5.41, 5.74) is 1.97. The van der Waals surface area contributed by atoms with Gasteiger partial charge in [0.1, 0.15) is 5.75 Å². The molecule has 2 rings (SSSR count). The number of phenols is 1. The number of rotatable bonds is 4. The highest BCUT2D eigenvalue weighted by Crippen LogP contribution is 2.34. The Morgan fingerprint density at radius 1 is 1.38 bits per heavy atom. The minimum Gasteiger partial charge on any atom is -0.507 e. The predicted octanol–water partition coefficient (Wildman–Crippen LogP) is 1.70. The van der Waals surface area contributed by atoms with E-state index in [9.17, 15) is 22.9 Å². The van der Waals surface area contributed by atoms with Crippen LogP contribution < -0.4 is 0 Å². The topological polar surface area (TPSA) is 115 Å². The van der Waals surface area contributed by atoms with Gasteiger partial charge in [0.15, 0.2) is 5.37 Å². The van der Waals surface area contributed by atoms with Gasteiger partial charge < -0.3 is 10.2 Å². The standard InChI is InChI=1S/C15H19NO6S2/c1-9-5-11(6-10(2)14(9)19)7-12-15(24(20,21)22)16(3-4-23-12)8-13(17)18/h5-7,15,19H,3-4,8H2,1-2H3,(H,17,18)(H,20,21,22). The lowest BCUT2D eigenvalue weighted by atomic mass is 10.1. The summed E-state index contributed by atoms with van der Waals surface area (Å²) >= 11 is 1.26. The molecule has 1 atom stereocenters. The van der Waals surface area contributed by atoms with Crippen LogP contribution in [0.25, 0.3) is 6.08 Å². The first kappa shape index (κ1) is 18.8. The number of benzene rings is 1.